The highest BCUT2D eigenvalue weighted by atomic mass is 32.1. The lowest BCUT2D eigenvalue weighted by Gasteiger charge is -2.07. The molecule has 6 heteroatoms. The van der Waals surface area contributed by atoms with Crippen molar-refractivity contribution in [3.8, 4) is 5.88 Å². The first-order valence-corrected chi connectivity index (χ1v) is 6.52. The lowest BCUT2D eigenvalue weighted by Crippen LogP contribution is -2.05. The fraction of sp³-hybridized carbons (Fsp3) is 0.333. The molecule has 0 amide bonds. The molecule has 2 N–H and O–H groups in total. The molecule has 2 aromatic rings. The number of hydrogen-bond acceptors (Lipinski definition) is 6. The lowest BCUT2D eigenvalue weighted by atomic mass is 10.5. The van der Waals surface area contributed by atoms with Crippen molar-refractivity contribution in [1.82, 2.24) is 9.97 Å². The molecule has 18 heavy (non-hydrogen) atoms. The molecule has 0 saturated carbocycles. The van der Waals surface area contributed by atoms with E-state index < -0.39 is 0 Å². The number of thiophene rings is 1. The maximum absolute atomic E-state index is 5.70. The van der Waals surface area contributed by atoms with Gasteiger partial charge >= 0.3 is 0 Å². The van der Waals surface area contributed by atoms with Gasteiger partial charge in [0, 0.05) is 17.6 Å². The van der Waals surface area contributed by atoms with Gasteiger partial charge in [-0.05, 0) is 18.4 Å². The summed E-state index contributed by atoms with van der Waals surface area (Å²) in [6.45, 7) is 3.36. The number of aromatic nitrogens is 2. The smallest absolute Gasteiger partial charge is 0.219 e. The quantitative estimate of drug-likeness (QED) is 0.867. The number of nitrogens with zero attached hydrogens (tertiary/aromatic N) is 2. The second kappa shape index (κ2) is 6.32. The van der Waals surface area contributed by atoms with Crippen LogP contribution in [0.5, 0.6) is 5.88 Å². The second-order valence-corrected chi connectivity index (χ2v) is 4.58. The van der Waals surface area contributed by atoms with Crippen LogP contribution >= 0.6 is 11.3 Å². The van der Waals surface area contributed by atoms with Gasteiger partial charge in [0.1, 0.15) is 19.0 Å². The van der Waals surface area contributed by atoms with Crippen LogP contribution in [-0.4, -0.2) is 16.6 Å². The molecule has 0 atom stereocenters. The van der Waals surface area contributed by atoms with Gasteiger partial charge in [0.25, 0.3) is 0 Å². The van der Waals surface area contributed by atoms with E-state index in [0.717, 1.165) is 4.88 Å². The Labute approximate surface area is 110 Å². The van der Waals surface area contributed by atoms with Gasteiger partial charge in [-0.25, -0.2) is 4.98 Å². The maximum atomic E-state index is 5.70. The zero-order valence-electron chi connectivity index (χ0n) is 10.1. The van der Waals surface area contributed by atoms with Crippen LogP contribution in [0.2, 0.25) is 0 Å². The first kappa shape index (κ1) is 12.8. The summed E-state index contributed by atoms with van der Waals surface area (Å²) < 4.78 is 10.8. The highest BCUT2D eigenvalue weighted by molar-refractivity contribution is 7.09. The van der Waals surface area contributed by atoms with Crippen LogP contribution in [0.15, 0.2) is 23.6 Å². The number of hydrogen-bond donors (Lipinski definition) is 1. The Morgan fingerprint density at radius 1 is 1.33 bits per heavy atom. The molecule has 0 aromatic carbocycles. The van der Waals surface area contributed by atoms with Crippen LogP contribution in [-0.2, 0) is 18.0 Å². The van der Waals surface area contributed by atoms with Crippen LogP contribution < -0.4 is 10.5 Å². The number of nitrogen functional groups attached to an aromatic ring is 1. The van der Waals surface area contributed by atoms with Gasteiger partial charge in [-0.2, -0.15) is 4.98 Å². The molecule has 2 rings (SSSR count). The highest BCUT2D eigenvalue weighted by Crippen LogP contribution is 2.15. The van der Waals surface area contributed by atoms with Crippen molar-refractivity contribution in [1.29, 1.82) is 0 Å². The van der Waals surface area contributed by atoms with Gasteiger partial charge in [-0.1, -0.05) is 6.07 Å². The molecular weight excluding hydrogens is 250 g/mol. The third-order valence-electron chi connectivity index (χ3n) is 2.15. The normalized spacial score (nSPS) is 10.5. The minimum atomic E-state index is 0.344. The number of nitrogens with two attached hydrogens (primary N) is 1. The van der Waals surface area contributed by atoms with Gasteiger partial charge in [0.15, 0.2) is 5.82 Å². The molecule has 0 aliphatic carbocycles. The Hall–Kier alpha value is -1.66. The Morgan fingerprint density at radius 3 is 2.94 bits per heavy atom. The first-order valence-electron chi connectivity index (χ1n) is 5.64. The maximum Gasteiger partial charge on any atom is 0.219 e. The summed E-state index contributed by atoms with van der Waals surface area (Å²) in [5.41, 5.74) is 5.70. The number of rotatable bonds is 6. The minimum Gasteiger partial charge on any atom is -0.472 e. The minimum absolute atomic E-state index is 0.344. The van der Waals surface area contributed by atoms with E-state index in [9.17, 15) is 0 Å². The molecule has 0 unspecified atom stereocenters. The predicted molar refractivity (Wildman–Crippen MR) is 70.4 cm³/mol. The molecule has 0 aliphatic heterocycles. The predicted octanol–water partition coefficient (Wildman–Crippen LogP) is 2.24. The summed E-state index contributed by atoms with van der Waals surface area (Å²) in [6, 6.07) is 5.61. The Morgan fingerprint density at radius 2 is 2.22 bits per heavy atom. The Kier molecular flexibility index (Phi) is 4.49. The average Bonchev–Trinajstić information content (AvgIpc) is 2.86. The lowest BCUT2D eigenvalue weighted by molar-refractivity contribution is 0.127. The van der Waals surface area contributed by atoms with Crippen molar-refractivity contribution in [3.63, 3.8) is 0 Å². The van der Waals surface area contributed by atoms with Gasteiger partial charge in [-0.15, -0.1) is 11.3 Å². The van der Waals surface area contributed by atoms with Crippen molar-refractivity contribution in [2.45, 2.75) is 20.1 Å². The topological polar surface area (TPSA) is 70.3 Å². The molecule has 0 radical (unpaired) electrons. The van der Waals surface area contributed by atoms with E-state index in [0.29, 0.717) is 37.3 Å². The van der Waals surface area contributed by atoms with E-state index in [1.165, 1.54) is 0 Å². The molecule has 0 saturated heterocycles. The van der Waals surface area contributed by atoms with Crippen molar-refractivity contribution in [2.75, 3.05) is 12.3 Å². The van der Waals surface area contributed by atoms with Crippen LogP contribution in [0.4, 0.5) is 5.82 Å². The molecule has 2 heterocycles. The van der Waals surface area contributed by atoms with Crippen LogP contribution in [0, 0.1) is 0 Å². The second-order valence-electron chi connectivity index (χ2n) is 3.55. The average molecular weight is 265 g/mol. The summed E-state index contributed by atoms with van der Waals surface area (Å²) in [7, 11) is 0. The summed E-state index contributed by atoms with van der Waals surface area (Å²) in [5, 5.41) is 2.01. The fourth-order valence-corrected chi connectivity index (χ4v) is 1.98. The summed E-state index contributed by atoms with van der Waals surface area (Å²) in [6.07, 6.45) is 0. The third kappa shape index (κ3) is 3.68. The van der Waals surface area contributed by atoms with E-state index in [-0.39, 0.29) is 0 Å². The van der Waals surface area contributed by atoms with Crippen LogP contribution in [0.1, 0.15) is 17.6 Å². The molecule has 0 bridgehead atoms. The van der Waals surface area contributed by atoms with Crippen molar-refractivity contribution in [2.24, 2.45) is 0 Å². The molecule has 0 aliphatic rings. The molecule has 0 fully saturated rings. The first-order chi connectivity index (χ1) is 8.78. The SMILES string of the molecule is CCOCc1nc(N)cc(OCc2cccs2)n1. The standard InChI is InChI=1S/C12H15N3O2S/c1-2-16-8-11-14-10(13)6-12(15-11)17-7-9-4-3-5-18-9/h3-6H,2,7-8H2,1H3,(H2,13,14,15). The highest BCUT2D eigenvalue weighted by Gasteiger charge is 2.04. The Balaban J connectivity index is 2.00. The van der Waals surface area contributed by atoms with E-state index in [2.05, 4.69) is 9.97 Å². The van der Waals surface area contributed by atoms with Crippen molar-refractivity contribution >= 4 is 17.2 Å². The van der Waals surface area contributed by atoms with Gasteiger partial charge < -0.3 is 15.2 Å². The molecular formula is C12H15N3O2S. The summed E-state index contributed by atoms with van der Waals surface area (Å²) >= 11 is 1.64. The van der Waals surface area contributed by atoms with E-state index in [4.69, 9.17) is 15.2 Å². The molecule has 2 aromatic heterocycles. The summed E-state index contributed by atoms with van der Waals surface area (Å²) in [4.78, 5) is 9.45. The van der Waals surface area contributed by atoms with Crippen molar-refractivity contribution < 1.29 is 9.47 Å². The third-order valence-corrected chi connectivity index (χ3v) is 3.00. The van der Waals surface area contributed by atoms with Crippen LogP contribution in [0.3, 0.4) is 0 Å². The molecule has 96 valence electrons. The van der Waals surface area contributed by atoms with E-state index in [1.54, 1.807) is 17.4 Å². The largest absolute Gasteiger partial charge is 0.472 e. The van der Waals surface area contributed by atoms with E-state index in [1.807, 2.05) is 24.4 Å². The van der Waals surface area contributed by atoms with Gasteiger partial charge in [0.05, 0.1) is 0 Å². The monoisotopic (exact) mass is 265 g/mol. The van der Waals surface area contributed by atoms with Crippen molar-refractivity contribution in [3.05, 3.63) is 34.3 Å². The van der Waals surface area contributed by atoms with Gasteiger partial charge in [0.2, 0.25) is 5.88 Å². The van der Waals surface area contributed by atoms with Crippen LogP contribution in [0.25, 0.3) is 0 Å². The zero-order valence-corrected chi connectivity index (χ0v) is 10.9. The number of ether oxygens (including phenoxy) is 2. The zero-order chi connectivity index (χ0) is 12.8. The number of anilines is 1. The molecule has 0 spiro atoms. The summed E-state index contributed by atoms with van der Waals surface area (Å²) in [5.74, 6) is 1.41. The van der Waals surface area contributed by atoms with E-state index >= 15 is 0 Å². The fourth-order valence-electron chi connectivity index (χ4n) is 1.36. The van der Waals surface area contributed by atoms with Gasteiger partial charge in [-0.3, -0.25) is 0 Å². The Bertz CT molecular complexity index is 488. The molecule has 5 nitrogen and oxygen atoms in total.